The molecule has 26 heavy (non-hydrogen) atoms. The number of nitrogens with zero attached hydrogens (tertiary/aromatic N) is 4. The lowest BCUT2D eigenvalue weighted by molar-refractivity contribution is 0.229. The molecule has 2 fully saturated rings. The van der Waals surface area contributed by atoms with E-state index in [4.69, 9.17) is 0 Å². The van der Waals surface area contributed by atoms with Gasteiger partial charge in [-0.05, 0) is 32.3 Å². The van der Waals surface area contributed by atoms with Gasteiger partial charge in [-0.15, -0.1) is 0 Å². The molecule has 1 aromatic heterocycles. The molecule has 0 saturated carbocycles. The van der Waals surface area contributed by atoms with Gasteiger partial charge in [-0.3, -0.25) is 4.90 Å². The van der Waals surface area contributed by atoms with Gasteiger partial charge in [0, 0.05) is 43.4 Å². The van der Waals surface area contributed by atoms with Crippen LogP contribution in [-0.4, -0.2) is 72.2 Å². The van der Waals surface area contributed by atoms with Crippen molar-refractivity contribution in [1.29, 1.82) is 0 Å². The molecule has 1 aromatic carbocycles. The van der Waals surface area contributed by atoms with Gasteiger partial charge in [-0.1, -0.05) is 6.07 Å². The lowest BCUT2D eigenvalue weighted by Gasteiger charge is -2.24. The molecule has 0 N–H and O–H groups in total. The molecule has 2 aliphatic rings. The van der Waals surface area contributed by atoms with Gasteiger partial charge in [0.25, 0.3) is 0 Å². The number of hydrogen-bond acceptors (Lipinski definition) is 5. The third-order valence-electron chi connectivity index (χ3n) is 5.52. The lowest BCUT2D eigenvalue weighted by atomic mass is 10.00. The van der Waals surface area contributed by atoms with E-state index in [1.54, 1.807) is 23.0 Å². The van der Waals surface area contributed by atoms with Crippen molar-refractivity contribution < 1.29 is 12.8 Å². The Labute approximate surface area is 153 Å². The maximum Gasteiger partial charge on any atom is 0.156 e. The third kappa shape index (κ3) is 3.17. The van der Waals surface area contributed by atoms with Crippen molar-refractivity contribution in [2.45, 2.75) is 17.8 Å². The molecule has 8 heteroatoms. The summed E-state index contributed by atoms with van der Waals surface area (Å²) in [6, 6.07) is 6.38. The molecular formula is C18H23FN4O2S. The minimum Gasteiger partial charge on any atom is -0.305 e. The number of fused-ring (bicyclic) bond motifs is 1. The average molecular weight is 378 g/mol. The van der Waals surface area contributed by atoms with E-state index in [1.165, 1.54) is 12.1 Å². The summed E-state index contributed by atoms with van der Waals surface area (Å²) in [4.78, 5) is 4.23. The molecule has 6 nitrogen and oxygen atoms in total. The van der Waals surface area contributed by atoms with Gasteiger partial charge < -0.3 is 4.90 Å². The maximum atomic E-state index is 13.4. The molecule has 0 bridgehead atoms. The van der Waals surface area contributed by atoms with Crippen LogP contribution in [0.1, 0.15) is 5.56 Å². The van der Waals surface area contributed by atoms with Crippen LogP contribution in [0.4, 0.5) is 4.39 Å². The first-order chi connectivity index (χ1) is 12.3. The molecule has 3 heterocycles. The normalized spacial score (nSPS) is 27.9. The largest absolute Gasteiger partial charge is 0.305 e. The summed E-state index contributed by atoms with van der Waals surface area (Å²) < 4.78 is 40.0. The van der Waals surface area contributed by atoms with E-state index < -0.39 is 9.84 Å². The van der Waals surface area contributed by atoms with Crippen LogP contribution < -0.4 is 0 Å². The van der Waals surface area contributed by atoms with Gasteiger partial charge in [0.2, 0.25) is 0 Å². The van der Waals surface area contributed by atoms with Gasteiger partial charge >= 0.3 is 0 Å². The highest BCUT2D eigenvalue weighted by molar-refractivity contribution is 7.92. The Kier molecular flexibility index (Phi) is 4.37. The fraction of sp³-hybridized carbons (Fsp3) is 0.500. The molecule has 4 rings (SSSR count). The van der Waals surface area contributed by atoms with E-state index >= 15 is 0 Å². The number of likely N-dealkylation sites (tertiary alicyclic amines) is 1. The van der Waals surface area contributed by atoms with E-state index in [2.05, 4.69) is 10.00 Å². The third-order valence-corrected chi connectivity index (χ3v) is 7.75. The number of rotatable bonds is 4. The SMILES string of the molecule is CN(C)[C@@H]1CS(=O)(=O)[C@H]2CN(Cc3cnn(-c4cccc(F)c4)c3)C[C@@H]12. The number of aromatic nitrogens is 2. The van der Waals surface area contributed by atoms with Crippen molar-refractivity contribution in [1.82, 2.24) is 19.6 Å². The minimum absolute atomic E-state index is 0.0880. The van der Waals surface area contributed by atoms with Crippen molar-refractivity contribution >= 4 is 9.84 Å². The monoisotopic (exact) mass is 378 g/mol. The molecule has 0 spiro atoms. The van der Waals surface area contributed by atoms with E-state index in [1.807, 2.05) is 25.2 Å². The molecule has 2 saturated heterocycles. The second-order valence-corrected chi connectivity index (χ2v) is 9.79. The Bertz CT molecular complexity index is 911. The Hall–Kier alpha value is -1.77. The van der Waals surface area contributed by atoms with Gasteiger partial charge in [0.1, 0.15) is 5.82 Å². The predicted molar refractivity (Wildman–Crippen MR) is 97.3 cm³/mol. The van der Waals surface area contributed by atoms with E-state index in [0.717, 1.165) is 12.1 Å². The topological polar surface area (TPSA) is 58.4 Å². The van der Waals surface area contributed by atoms with Gasteiger partial charge in [-0.25, -0.2) is 17.5 Å². The molecule has 2 aromatic rings. The molecule has 0 unspecified atom stereocenters. The van der Waals surface area contributed by atoms with Crippen molar-refractivity contribution in [3.63, 3.8) is 0 Å². The smallest absolute Gasteiger partial charge is 0.156 e. The summed E-state index contributed by atoms with van der Waals surface area (Å²) in [5.41, 5.74) is 1.66. The summed E-state index contributed by atoms with van der Waals surface area (Å²) in [5, 5.41) is 4.04. The molecule has 0 amide bonds. The van der Waals surface area contributed by atoms with Crippen LogP contribution in [0.15, 0.2) is 36.7 Å². The van der Waals surface area contributed by atoms with Crippen LogP contribution in [-0.2, 0) is 16.4 Å². The molecule has 3 atom stereocenters. The first-order valence-corrected chi connectivity index (χ1v) is 10.4. The van der Waals surface area contributed by atoms with Crippen molar-refractivity contribution in [3.8, 4) is 5.69 Å². The highest BCUT2D eigenvalue weighted by Gasteiger charge is 2.52. The fourth-order valence-electron chi connectivity index (χ4n) is 4.24. The summed E-state index contributed by atoms with van der Waals surface area (Å²) in [6.07, 6.45) is 3.64. The number of hydrogen-bond donors (Lipinski definition) is 0. The first kappa shape index (κ1) is 17.6. The molecule has 0 radical (unpaired) electrons. The first-order valence-electron chi connectivity index (χ1n) is 8.73. The molecule has 2 aliphatic heterocycles. The zero-order valence-electron chi connectivity index (χ0n) is 14.9. The summed E-state index contributed by atoms with van der Waals surface area (Å²) in [6.45, 7) is 2.00. The number of halogens is 1. The Morgan fingerprint density at radius 1 is 1.31 bits per heavy atom. The average Bonchev–Trinajstić information content (AvgIpc) is 3.25. The van der Waals surface area contributed by atoms with Gasteiger partial charge in [0.05, 0.1) is 22.9 Å². The van der Waals surface area contributed by atoms with Crippen molar-refractivity contribution in [2.24, 2.45) is 5.92 Å². The van der Waals surface area contributed by atoms with Crippen LogP contribution in [0.2, 0.25) is 0 Å². The zero-order valence-corrected chi connectivity index (χ0v) is 15.7. The minimum atomic E-state index is -3.03. The van der Waals surface area contributed by atoms with E-state index in [0.29, 0.717) is 18.8 Å². The number of sulfone groups is 1. The Morgan fingerprint density at radius 3 is 2.85 bits per heavy atom. The fourth-order valence-corrected chi connectivity index (χ4v) is 6.74. The summed E-state index contributed by atoms with van der Waals surface area (Å²) in [5.74, 6) is 0.126. The molecule has 140 valence electrons. The number of benzene rings is 1. The van der Waals surface area contributed by atoms with Crippen LogP contribution >= 0.6 is 0 Å². The standard InChI is InChI=1S/C18H23FN4O2S/c1-21(2)17-12-26(24,25)18-11-22(10-16(17)18)8-13-7-20-23(9-13)15-5-3-4-14(19)6-15/h3-7,9,16-18H,8,10-12H2,1-2H3/t16-,17+,18-/m0/s1. The van der Waals surface area contributed by atoms with Gasteiger partial charge in [-0.2, -0.15) is 5.10 Å². The quantitative estimate of drug-likeness (QED) is 0.799. The highest BCUT2D eigenvalue weighted by Crippen LogP contribution is 2.36. The second kappa shape index (κ2) is 6.44. The van der Waals surface area contributed by atoms with Crippen molar-refractivity contribution in [2.75, 3.05) is 32.9 Å². The summed E-state index contributed by atoms with van der Waals surface area (Å²) in [7, 11) is 0.874. The lowest BCUT2D eigenvalue weighted by Crippen LogP contribution is -2.37. The van der Waals surface area contributed by atoms with Gasteiger partial charge in [0.15, 0.2) is 9.84 Å². The van der Waals surface area contributed by atoms with Crippen molar-refractivity contribution in [3.05, 3.63) is 48.0 Å². The zero-order chi connectivity index (χ0) is 18.5. The van der Waals surface area contributed by atoms with Crippen LogP contribution in [0.3, 0.4) is 0 Å². The van der Waals surface area contributed by atoms with E-state index in [9.17, 15) is 12.8 Å². The second-order valence-electron chi connectivity index (χ2n) is 7.53. The highest BCUT2D eigenvalue weighted by atomic mass is 32.2. The van der Waals surface area contributed by atoms with Crippen LogP contribution in [0.25, 0.3) is 5.69 Å². The Balaban J connectivity index is 1.48. The molecular weight excluding hydrogens is 355 g/mol. The predicted octanol–water partition coefficient (Wildman–Crippen LogP) is 1.17. The van der Waals surface area contributed by atoms with Crippen LogP contribution in [0.5, 0.6) is 0 Å². The van der Waals surface area contributed by atoms with E-state index in [-0.39, 0.29) is 28.8 Å². The van der Waals surface area contributed by atoms with Crippen LogP contribution in [0, 0.1) is 11.7 Å². The molecule has 0 aliphatic carbocycles. The maximum absolute atomic E-state index is 13.4. The summed E-state index contributed by atoms with van der Waals surface area (Å²) >= 11 is 0. The Morgan fingerprint density at radius 2 is 2.12 bits per heavy atom.